The summed E-state index contributed by atoms with van der Waals surface area (Å²) in [6.07, 6.45) is 1.67. The van der Waals surface area contributed by atoms with E-state index in [1.54, 1.807) is 49.6 Å². The number of carbonyl (C=O) groups is 2. The second-order valence-electron chi connectivity index (χ2n) is 7.50. The summed E-state index contributed by atoms with van der Waals surface area (Å²) in [4.78, 5) is 24.6. The molecular weight excluding hydrogens is 462 g/mol. The molecule has 3 aromatic carbocycles. The Morgan fingerprint density at radius 3 is 2.47 bits per heavy atom. The molecule has 0 unspecified atom stereocenters. The third-order valence-corrected chi connectivity index (χ3v) is 4.91. The van der Waals surface area contributed by atoms with Gasteiger partial charge in [-0.2, -0.15) is 5.10 Å². The zero-order chi connectivity index (χ0) is 25.8. The predicted molar refractivity (Wildman–Crippen MR) is 137 cm³/mol. The zero-order valence-electron chi connectivity index (χ0n) is 20.4. The van der Waals surface area contributed by atoms with Crippen LogP contribution in [-0.2, 0) is 16.0 Å². The highest BCUT2D eigenvalue weighted by Gasteiger charge is 2.11. The Morgan fingerprint density at radius 1 is 0.861 bits per heavy atom. The van der Waals surface area contributed by atoms with Gasteiger partial charge in [-0.3, -0.25) is 9.59 Å². The van der Waals surface area contributed by atoms with Crippen LogP contribution in [-0.4, -0.2) is 45.5 Å². The molecule has 0 saturated heterocycles. The molecular formula is C27H29N3O6. The van der Waals surface area contributed by atoms with Crippen LogP contribution in [0.5, 0.6) is 23.0 Å². The minimum Gasteiger partial charge on any atom is -0.497 e. The van der Waals surface area contributed by atoms with E-state index >= 15 is 0 Å². The van der Waals surface area contributed by atoms with Gasteiger partial charge in [0.1, 0.15) is 11.5 Å². The van der Waals surface area contributed by atoms with Crippen molar-refractivity contribution in [3.63, 3.8) is 0 Å². The number of amides is 2. The molecule has 2 N–H and O–H groups in total. The Balaban J connectivity index is 1.57. The number of benzene rings is 3. The molecule has 0 saturated carbocycles. The van der Waals surface area contributed by atoms with E-state index in [9.17, 15) is 9.59 Å². The van der Waals surface area contributed by atoms with Gasteiger partial charge in [0.05, 0.1) is 39.1 Å². The SMILES string of the molecule is CCOc1cc(/C=N/NC(=O)Cc2cccc(OC)c2)ccc1OCC(=O)Nc1ccccc1OC. The second-order valence-corrected chi connectivity index (χ2v) is 7.50. The first-order valence-corrected chi connectivity index (χ1v) is 11.3. The van der Waals surface area contributed by atoms with Crippen molar-refractivity contribution in [2.75, 3.05) is 32.8 Å². The van der Waals surface area contributed by atoms with Gasteiger partial charge in [0.25, 0.3) is 5.91 Å². The van der Waals surface area contributed by atoms with Gasteiger partial charge in [0, 0.05) is 0 Å². The number of para-hydroxylation sites is 2. The van der Waals surface area contributed by atoms with Gasteiger partial charge in [0.2, 0.25) is 5.91 Å². The van der Waals surface area contributed by atoms with E-state index in [2.05, 4.69) is 15.8 Å². The molecule has 0 spiro atoms. The normalized spacial score (nSPS) is 10.5. The van der Waals surface area contributed by atoms with Crippen LogP contribution in [0, 0.1) is 0 Å². The standard InChI is InChI=1S/C27H29N3O6/c1-4-35-25-15-20(17-28-30-26(31)16-19-8-7-9-21(14-19)33-2)12-13-24(25)36-18-27(32)29-22-10-5-6-11-23(22)34-3/h5-15,17H,4,16,18H2,1-3H3,(H,29,32)(H,30,31)/b28-17+. The highest BCUT2D eigenvalue weighted by Crippen LogP contribution is 2.28. The summed E-state index contributed by atoms with van der Waals surface area (Å²) in [5, 5.41) is 6.78. The summed E-state index contributed by atoms with van der Waals surface area (Å²) in [5.74, 6) is 1.50. The molecule has 3 rings (SSSR count). The van der Waals surface area contributed by atoms with Gasteiger partial charge < -0.3 is 24.3 Å². The van der Waals surface area contributed by atoms with E-state index in [0.29, 0.717) is 40.9 Å². The summed E-state index contributed by atoms with van der Waals surface area (Å²) >= 11 is 0. The molecule has 188 valence electrons. The smallest absolute Gasteiger partial charge is 0.262 e. The Labute approximate surface area is 210 Å². The molecule has 2 amide bonds. The maximum Gasteiger partial charge on any atom is 0.262 e. The van der Waals surface area contributed by atoms with Crippen LogP contribution in [0.1, 0.15) is 18.1 Å². The van der Waals surface area contributed by atoms with Crippen LogP contribution in [0.4, 0.5) is 5.69 Å². The Morgan fingerprint density at radius 2 is 1.69 bits per heavy atom. The van der Waals surface area contributed by atoms with Crippen LogP contribution in [0.25, 0.3) is 0 Å². The molecule has 9 nitrogen and oxygen atoms in total. The summed E-state index contributed by atoms with van der Waals surface area (Å²) in [6.45, 7) is 2.03. The first-order chi connectivity index (χ1) is 17.5. The minimum atomic E-state index is -0.341. The lowest BCUT2D eigenvalue weighted by Gasteiger charge is -2.13. The third kappa shape index (κ3) is 7.76. The number of methoxy groups -OCH3 is 2. The largest absolute Gasteiger partial charge is 0.497 e. The van der Waals surface area contributed by atoms with E-state index in [0.717, 1.165) is 5.56 Å². The first kappa shape index (κ1) is 26.1. The van der Waals surface area contributed by atoms with E-state index in [-0.39, 0.29) is 24.8 Å². The van der Waals surface area contributed by atoms with Crippen LogP contribution in [0.15, 0.2) is 71.8 Å². The Bertz CT molecular complexity index is 1210. The molecule has 0 aliphatic heterocycles. The van der Waals surface area contributed by atoms with Gasteiger partial charge in [0.15, 0.2) is 18.1 Å². The fourth-order valence-electron chi connectivity index (χ4n) is 3.26. The number of nitrogens with zero attached hydrogens (tertiary/aromatic N) is 1. The predicted octanol–water partition coefficient (Wildman–Crippen LogP) is 3.81. The third-order valence-electron chi connectivity index (χ3n) is 4.91. The maximum absolute atomic E-state index is 12.4. The van der Waals surface area contributed by atoms with Crippen molar-refractivity contribution in [2.45, 2.75) is 13.3 Å². The van der Waals surface area contributed by atoms with Crippen molar-refractivity contribution < 1.29 is 28.5 Å². The van der Waals surface area contributed by atoms with E-state index in [4.69, 9.17) is 18.9 Å². The van der Waals surface area contributed by atoms with Crippen molar-refractivity contribution in [1.82, 2.24) is 5.43 Å². The monoisotopic (exact) mass is 491 g/mol. The lowest BCUT2D eigenvalue weighted by Crippen LogP contribution is -2.20. The average Bonchev–Trinajstić information content (AvgIpc) is 2.89. The number of hydrazone groups is 1. The molecule has 0 aromatic heterocycles. The van der Waals surface area contributed by atoms with Gasteiger partial charge >= 0.3 is 0 Å². The molecule has 0 aliphatic carbocycles. The van der Waals surface area contributed by atoms with Crippen LogP contribution in [0.3, 0.4) is 0 Å². The highest BCUT2D eigenvalue weighted by molar-refractivity contribution is 5.93. The molecule has 0 aliphatic rings. The number of ether oxygens (including phenoxy) is 4. The van der Waals surface area contributed by atoms with Crippen molar-refractivity contribution in [1.29, 1.82) is 0 Å². The summed E-state index contributed by atoms with van der Waals surface area (Å²) in [5.41, 5.74) is 4.57. The number of hydrogen-bond acceptors (Lipinski definition) is 7. The molecule has 0 atom stereocenters. The summed E-state index contributed by atoms with van der Waals surface area (Å²) in [6, 6.07) is 19.5. The average molecular weight is 492 g/mol. The van der Waals surface area contributed by atoms with Crippen LogP contribution < -0.4 is 29.7 Å². The number of carbonyl (C=O) groups excluding carboxylic acids is 2. The fraction of sp³-hybridized carbons (Fsp3) is 0.222. The second kappa shape index (κ2) is 13.4. The topological polar surface area (TPSA) is 107 Å². The van der Waals surface area contributed by atoms with Crippen molar-refractivity contribution in [3.8, 4) is 23.0 Å². The molecule has 0 heterocycles. The van der Waals surface area contributed by atoms with Crippen LogP contribution in [0.2, 0.25) is 0 Å². The number of rotatable bonds is 12. The Hall–Kier alpha value is -4.53. The highest BCUT2D eigenvalue weighted by atomic mass is 16.5. The number of nitrogens with one attached hydrogen (secondary N) is 2. The molecule has 0 bridgehead atoms. The van der Waals surface area contributed by atoms with Crippen molar-refractivity contribution in [3.05, 3.63) is 77.9 Å². The van der Waals surface area contributed by atoms with Gasteiger partial charge in [-0.1, -0.05) is 24.3 Å². The number of anilines is 1. The zero-order valence-corrected chi connectivity index (χ0v) is 20.4. The van der Waals surface area contributed by atoms with Gasteiger partial charge in [-0.25, -0.2) is 5.43 Å². The lowest BCUT2D eigenvalue weighted by molar-refractivity contribution is -0.120. The Kier molecular flexibility index (Phi) is 9.69. The summed E-state index contributed by atoms with van der Waals surface area (Å²) < 4.78 is 21.7. The van der Waals surface area contributed by atoms with Crippen molar-refractivity contribution in [2.24, 2.45) is 5.10 Å². The molecule has 3 aromatic rings. The summed E-state index contributed by atoms with van der Waals surface area (Å²) in [7, 11) is 3.11. The van der Waals surface area contributed by atoms with Gasteiger partial charge in [-0.15, -0.1) is 0 Å². The quantitative estimate of drug-likeness (QED) is 0.295. The van der Waals surface area contributed by atoms with Crippen LogP contribution >= 0.6 is 0 Å². The molecule has 0 radical (unpaired) electrons. The maximum atomic E-state index is 12.4. The van der Waals surface area contributed by atoms with E-state index in [1.165, 1.54) is 13.3 Å². The molecule has 0 fully saturated rings. The molecule has 9 heteroatoms. The fourth-order valence-corrected chi connectivity index (χ4v) is 3.26. The van der Waals surface area contributed by atoms with Gasteiger partial charge in [-0.05, 0) is 60.5 Å². The molecule has 36 heavy (non-hydrogen) atoms. The van der Waals surface area contributed by atoms with Crippen molar-refractivity contribution >= 4 is 23.7 Å². The van der Waals surface area contributed by atoms with E-state index in [1.807, 2.05) is 31.2 Å². The lowest BCUT2D eigenvalue weighted by atomic mass is 10.1. The first-order valence-electron chi connectivity index (χ1n) is 11.3. The number of hydrogen-bond donors (Lipinski definition) is 2. The van der Waals surface area contributed by atoms with E-state index < -0.39 is 0 Å². The minimum absolute atomic E-state index is 0.169.